The molecule has 1 aliphatic heterocycles. The SMILES string of the molecule is CC(C)NC(=O)CN(C)C1CCN(CCCO)CC1. The number of nitrogens with one attached hydrogen (secondary N) is 1. The summed E-state index contributed by atoms with van der Waals surface area (Å²) >= 11 is 0. The number of amides is 1. The van der Waals surface area contributed by atoms with Gasteiger partial charge < -0.3 is 15.3 Å². The number of aliphatic hydroxyl groups excluding tert-OH is 1. The van der Waals surface area contributed by atoms with E-state index in [2.05, 4.69) is 15.1 Å². The average Bonchev–Trinajstić information content (AvgIpc) is 2.35. The van der Waals surface area contributed by atoms with Crippen molar-refractivity contribution in [3.05, 3.63) is 0 Å². The molecule has 112 valence electrons. The quantitative estimate of drug-likeness (QED) is 0.699. The molecule has 1 fully saturated rings. The molecule has 0 aromatic carbocycles. The Morgan fingerprint density at radius 3 is 2.58 bits per heavy atom. The predicted molar refractivity (Wildman–Crippen MR) is 77.1 cm³/mol. The molecule has 0 aromatic rings. The van der Waals surface area contributed by atoms with Gasteiger partial charge >= 0.3 is 0 Å². The molecule has 5 nitrogen and oxygen atoms in total. The lowest BCUT2D eigenvalue weighted by atomic mass is 10.0. The Hall–Kier alpha value is -0.650. The molecule has 1 amide bonds. The molecule has 1 rings (SSSR count). The van der Waals surface area contributed by atoms with Crippen molar-refractivity contribution in [3.63, 3.8) is 0 Å². The first-order valence-electron chi connectivity index (χ1n) is 7.35. The Balaban J connectivity index is 2.24. The number of carbonyl (C=O) groups is 1. The van der Waals surface area contributed by atoms with E-state index in [4.69, 9.17) is 5.11 Å². The van der Waals surface area contributed by atoms with Crippen LogP contribution in [0.2, 0.25) is 0 Å². The molecular formula is C14H29N3O2. The molecule has 0 spiro atoms. The fraction of sp³-hybridized carbons (Fsp3) is 0.929. The third-order valence-electron chi connectivity index (χ3n) is 3.66. The van der Waals surface area contributed by atoms with E-state index in [0.29, 0.717) is 12.6 Å². The maximum atomic E-state index is 11.7. The summed E-state index contributed by atoms with van der Waals surface area (Å²) in [5.74, 6) is 0.111. The maximum Gasteiger partial charge on any atom is 0.234 e. The highest BCUT2D eigenvalue weighted by Crippen LogP contribution is 2.15. The first-order valence-corrected chi connectivity index (χ1v) is 7.35. The van der Waals surface area contributed by atoms with Gasteiger partial charge in [0.05, 0.1) is 6.54 Å². The molecule has 0 aromatic heterocycles. The van der Waals surface area contributed by atoms with Crippen LogP contribution in [0.3, 0.4) is 0 Å². The van der Waals surface area contributed by atoms with E-state index < -0.39 is 0 Å². The second-order valence-corrected chi connectivity index (χ2v) is 5.79. The van der Waals surface area contributed by atoms with Crippen LogP contribution in [0, 0.1) is 0 Å². The summed E-state index contributed by atoms with van der Waals surface area (Å²) < 4.78 is 0. The van der Waals surface area contributed by atoms with Crippen molar-refractivity contribution in [2.45, 2.75) is 45.2 Å². The van der Waals surface area contributed by atoms with Gasteiger partial charge in [0.25, 0.3) is 0 Å². The van der Waals surface area contributed by atoms with Gasteiger partial charge in [-0.2, -0.15) is 0 Å². The molecule has 5 heteroatoms. The van der Waals surface area contributed by atoms with Gasteiger partial charge in [-0.1, -0.05) is 0 Å². The van der Waals surface area contributed by atoms with E-state index in [-0.39, 0.29) is 18.6 Å². The lowest BCUT2D eigenvalue weighted by molar-refractivity contribution is -0.123. The van der Waals surface area contributed by atoms with Gasteiger partial charge in [0.1, 0.15) is 0 Å². The normalized spacial score (nSPS) is 18.2. The summed E-state index contributed by atoms with van der Waals surface area (Å²) in [4.78, 5) is 16.3. The summed E-state index contributed by atoms with van der Waals surface area (Å²) in [6.07, 6.45) is 3.07. The zero-order valence-corrected chi connectivity index (χ0v) is 12.6. The third kappa shape index (κ3) is 6.36. The van der Waals surface area contributed by atoms with E-state index in [1.807, 2.05) is 20.9 Å². The van der Waals surface area contributed by atoms with E-state index in [9.17, 15) is 4.79 Å². The summed E-state index contributed by atoms with van der Waals surface area (Å²) in [7, 11) is 2.04. The topological polar surface area (TPSA) is 55.8 Å². The van der Waals surface area contributed by atoms with Crippen molar-refractivity contribution in [1.82, 2.24) is 15.1 Å². The van der Waals surface area contributed by atoms with Gasteiger partial charge in [0.15, 0.2) is 0 Å². The Bertz CT molecular complexity index is 263. The Morgan fingerprint density at radius 1 is 1.42 bits per heavy atom. The van der Waals surface area contributed by atoms with Crippen molar-refractivity contribution in [2.24, 2.45) is 0 Å². The molecule has 1 heterocycles. The van der Waals surface area contributed by atoms with Crippen molar-refractivity contribution < 1.29 is 9.90 Å². The van der Waals surface area contributed by atoms with Gasteiger partial charge in [0, 0.05) is 25.2 Å². The number of carbonyl (C=O) groups excluding carboxylic acids is 1. The zero-order valence-electron chi connectivity index (χ0n) is 12.6. The van der Waals surface area contributed by atoms with Crippen LogP contribution in [0.4, 0.5) is 0 Å². The molecule has 0 unspecified atom stereocenters. The standard InChI is InChI=1S/C14H29N3O2/c1-12(2)15-14(19)11-16(3)13-5-8-17(9-6-13)7-4-10-18/h12-13,18H,4-11H2,1-3H3,(H,15,19). The smallest absolute Gasteiger partial charge is 0.234 e. The van der Waals surface area contributed by atoms with E-state index >= 15 is 0 Å². The lowest BCUT2D eigenvalue weighted by Crippen LogP contribution is -2.47. The van der Waals surface area contributed by atoms with Gasteiger partial charge in [-0.3, -0.25) is 9.69 Å². The van der Waals surface area contributed by atoms with Crippen molar-refractivity contribution in [3.8, 4) is 0 Å². The second kappa shape index (κ2) is 8.51. The minimum absolute atomic E-state index is 0.111. The van der Waals surface area contributed by atoms with E-state index in [1.54, 1.807) is 0 Å². The number of likely N-dealkylation sites (N-methyl/N-ethyl adjacent to an activating group) is 1. The van der Waals surface area contributed by atoms with Crippen LogP contribution in [0.5, 0.6) is 0 Å². The van der Waals surface area contributed by atoms with Crippen LogP contribution in [0.1, 0.15) is 33.1 Å². The summed E-state index contributed by atoms with van der Waals surface area (Å²) in [5, 5.41) is 11.8. The molecular weight excluding hydrogens is 242 g/mol. The van der Waals surface area contributed by atoms with Gasteiger partial charge in [0.2, 0.25) is 5.91 Å². The largest absolute Gasteiger partial charge is 0.396 e. The molecule has 2 N–H and O–H groups in total. The highest BCUT2D eigenvalue weighted by molar-refractivity contribution is 5.78. The lowest BCUT2D eigenvalue weighted by Gasteiger charge is -2.36. The fourth-order valence-corrected chi connectivity index (χ4v) is 2.60. The Labute approximate surface area is 117 Å². The Morgan fingerprint density at radius 2 is 2.05 bits per heavy atom. The van der Waals surface area contributed by atoms with Crippen molar-refractivity contribution in [2.75, 3.05) is 39.8 Å². The van der Waals surface area contributed by atoms with Crippen LogP contribution in [-0.4, -0.2) is 72.7 Å². The van der Waals surface area contributed by atoms with Crippen LogP contribution in [0.15, 0.2) is 0 Å². The monoisotopic (exact) mass is 271 g/mol. The molecule has 0 saturated carbocycles. The molecule has 0 bridgehead atoms. The number of rotatable bonds is 7. The van der Waals surface area contributed by atoms with Gasteiger partial charge in [-0.15, -0.1) is 0 Å². The van der Waals surface area contributed by atoms with Crippen molar-refractivity contribution >= 4 is 5.91 Å². The van der Waals surface area contributed by atoms with Crippen LogP contribution < -0.4 is 5.32 Å². The molecule has 0 radical (unpaired) electrons. The predicted octanol–water partition coefficient (Wildman–Crippen LogP) is 0.290. The molecule has 1 aliphatic rings. The molecule has 0 atom stereocenters. The van der Waals surface area contributed by atoms with Gasteiger partial charge in [-0.05, 0) is 53.2 Å². The number of hydrogen-bond acceptors (Lipinski definition) is 4. The fourth-order valence-electron chi connectivity index (χ4n) is 2.60. The number of hydrogen-bond donors (Lipinski definition) is 2. The first-order chi connectivity index (χ1) is 9.02. The number of likely N-dealkylation sites (tertiary alicyclic amines) is 1. The summed E-state index contributed by atoms with van der Waals surface area (Å²) in [6.45, 7) is 7.85. The van der Waals surface area contributed by atoms with Crippen LogP contribution >= 0.6 is 0 Å². The summed E-state index contributed by atoms with van der Waals surface area (Å²) in [5.41, 5.74) is 0. The minimum Gasteiger partial charge on any atom is -0.396 e. The molecule has 1 saturated heterocycles. The maximum absolute atomic E-state index is 11.7. The minimum atomic E-state index is 0.111. The van der Waals surface area contributed by atoms with E-state index in [1.165, 1.54) is 0 Å². The molecule has 19 heavy (non-hydrogen) atoms. The summed E-state index contributed by atoms with van der Waals surface area (Å²) in [6, 6.07) is 0.713. The van der Waals surface area contributed by atoms with Crippen molar-refractivity contribution in [1.29, 1.82) is 0 Å². The third-order valence-corrected chi connectivity index (χ3v) is 3.66. The Kier molecular flexibility index (Phi) is 7.34. The van der Waals surface area contributed by atoms with Crippen LogP contribution in [-0.2, 0) is 4.79 Å². The number of aliphatic hydroxyl groups is 1. The zero-order chi connectivity index (χ0) is 14.3. The van der Waals surface area contributed by atoms with Crippen LogP contribution in [0.25, 0.3) is 0 Å². The highest BCUT2D eigenvalue weighted by atomic mass is 16.3. The number of nitrogens with zero attached hydrogens (tertiary/aromatic N) is 2. The molecule has 0 aliphatic carbocycles. The second-order valence-electron chi connectivity index (χ2n) is 5.79. The van der Waals surface area contributed by atoms with Gasteiger partial charge in [-0.25, -0.2) is 0 Å². The first kappa shape index (κ1) is 16.4. The average molecular weight is 271 g/mol. The number of piperidine rings is 1. The van der Waals surface area contributed by atoms with E-state index in [0.717, 1.165) is 38.9 Å². The highest BCUT2D eigenvalue weighted by Gasteiger charge is 2.23.